The molecule has 0 amide bonds. The topological polar surface area (TPSA) is 17.8 Å². The summed E-state index contributed by atoms with van der Waals surface area (Å²) in [5, 5.41) is 0. The van der Waals surface area contributed by atoms with Crippen molar-refractivity contribution in [2.75, 3.05) is 0 Å². The van der Waals surface area contributed by atoms with Gasteiger partial charge in [-0.05, 0) is 40.8 Å². The summed E-state index contributed by atoms with van der Waals surface area (Å²) in [7, 11) is 0. The van der Waals surface area contributed by atoms with Crippen LogP contribution < -0.4 is 0 Å². The highest BCUT2D eigenvalue weighted by Gasteiger charge is 2.19. The van der Waals surface area contributed by atoms with Crippen molar-refractivity contribution in [3.8, 4) is 11.3 Å². The van der Waals surface area contributed by atoms with Gasteiger partial charge in [0.15, 0.2) is 0 Å². The number of aromatic nitrogens is 2. The third-order valence-corrected chi connectivity index (χ3v) is 3.77. The first-order valence-corrected chi connectivity index (χ1v) is 6.12. The average molecular weight is 344 g/mol. The van der Waals surface area contributed by atoms with Gasteiger partial charge in [0.25, 0.3) is 0 Å². The summed E-state index contributed by atoms with van der Waals surface area (Å²) in [5.41, 5.74) is 0.911. The Kier molecular flexibility index (Phi) is 2.50. The van der Waals surface area contributed by atoms with Crippen LogP contribution in [0.1, 0.15) is 5.82 Å². The van der Waals surface area contributed by atoms with Crippen molar-refractivity contribution in [3.63, 3.8) is 0 Å². The Balaban J connectivity index is 2.19. The van der Waals surface area contributed by atoms with Crippen LogP contribution >= 0.6 is 22.6 Å². The number of fused-ring (bicyclic) bond motifs is 1. The predicted octanol–water partition coefficient (Wildman–Crippen LogP) is 3.46. The zero-order valence-corrected chi connectivity index (χ0v) is 10.8. The lowest BCUT2D eigenvalue weighted by Crippen LogP contribution is -1.96. The summed E-state index contributed by atoms with van der Waals surface area (Å²) in [6.45, 7) is 0.753. The minimum absolute atomic E-state index is 0.339. The molecule has 0 spiro atoms. The molecular weight excluding hydrogens is 337 g/mol. The number of imidazole rings is 1. The number of nitrogens with zero attached hydrogens (tertiary/aromatic N) is 2. The van der Waals surface area contributed by atoms with Gasteiger partial charge in [-0.15, -0.1) is 0 Å². The van der Waals surface area contributed by atoms with Gasteiger partial charge in [-0.2, -0.15) is 0 Å². The van der Waals surface area contributed by atoms with Crippen molar-refractivity contribution in [1.29, 1.82) is 0 Å². The van der Waals surface area contributed by atoms with Gasteiger partial charge in [-0.25, -0.2) is 13.8 Å². The van der Waals surface area contributed by atoms with Crippen LogP contribution in [-0.2, 0) is 6.54 Å². The third-order valence-electron chi connectivity index (χ3n) is 2.68. The Labute approximate surface area is 110 Å². The summed E-state index contributed by atoms with van der Waals surface area (Å²) in [6, 6.07) is 3.55. The molecule has 1 aromatic carbocycles. The van der Waals surface area contributed by atoms with E-state index in [0.29, 0.717) is 11.3 Å². The first kappa shape index (κ1) is 10.9. The standard InChI is InChI=1S/C12H7F2IN2/c13-7-3-4-8(9(14)6-7)11-12(15)17-5-1-2-10(17)16-11/h1-4,6H,5H2. The lowest BCUT2D eigenvalue weighted by atomic mass is 10.1. The molecule has 3 rings (SSSR count). The van der Waals surface area contributed by atoms with Gasteiger partial charge < -0.3 is 4.57 Å². The second-order valence-corrected chi connectivity index (χ2v) is 4.77. The first-order valence-electron chi connectivity index (χ1n) is 5.05. The molecule has 86 valence electrons. The number of benzene rings is 1. The number of hydrogen-bond acceptors (Lipinski definition) is 1. The van der Waals surface area contributed by atoms with Crippen LogP contribution in [0.15, 0.2) is 24.3 Å². The van der Waals surface area contributed by atoms with Crippen LogP contribution in [0.2, 0.25) is 0 Å². The highest BCUT2D eigenvalue weighted by atomic mass is 127. The highest BCUT2D eigenvalue weighted by Crippen LogP contribution is 2.30. The van der Waals surface area contributed by atoms with E-state index in [4.69, 9.17) is 0 Å². The van der Waals surface area contributed by atoms with Crippen molar-refractivity contribution in [3.05, 3.63) is 45.4 Å². The molecule has 1 aliphatic heterocycles. The largest absolute Gasteiger partial charge is 0.316 e. The van der Waals surface area contributed by atoms with E-state index >= 15 is 0 Å². The molecule has 0 N–H and O–H groups in total. The second kappa shape index (κ2) is 3.90. The van der Waals surface area contributed by atoms with Crippen molar-refractivity contribution >= 4 is 28.7 Å². The Morgan fingerprint density at radius 3 is 2.82 bits per heavy atom. The molecular formula is C12H7F2IN2. The van der Waals surface area contributed by atoms with Crippen molar-refractivity contribution in [1.82, 2.24) is 9.55 Å². The monoisotopic (exact) mass is 344 g/mol. The smallest absolute Gasteiger partial charge is 0.135 e. The van der Waals surface area contributed by atoms with E-state index in [1.54, 1.807) is 0 Å². The molecule has 2 nitrogen and oxygen atoms in total. The van der Waals surface area contributed by atoms with E-state index in [1.807, 2.05) is 16.7 Å². The first-order chi connectivity index (χ1) is 8.16. The quantitative estimate of drug-likeness (QED) is 0.725. The van der Waals surface area contributed by atoms with Crippen molar-refractivity contribution < 1.29 is 8.78 Å². The van der Waals surface area contributed by atoms with E-state index < -0.39 is 11.6 Å². The summed E-state index contributed by atoms with van der Waals surface area (Å²) >= 11 is 2.13. The predicted molar refractivity (Wildman–Crippen MR) is 69.3 cm³/mol. The van der Waals surface area contributed by atoms with Crippen LogP contribution in [0.3, 0.4) is 0 Å². The van der Waals surface area contributed by atoms with Crippen LogP contribution in [0, 0.1) is 15.3 Å². The SMILES string of the molecule is Fc1ccc(-c2nc3n(c2I)CC=C3)c(F)c1. The van der Waals surface area contributed by atoms with Gasteiger partial charge in [-0.3, -0.25) is 0 Å². The molecule has 0 fully saturated rings. The summed E-state index contributed by atoms with van der Waals surface area (Å²) < 4.78 is 29.4. The maximum atomic E-state index is 13.7. The van der Waals surface area contributed by atoms with Crippen LogP contribution in [-0.4, -0.2) is 9.55 Å². The Hall–Kier alpha value is -1.24. The molecule has 1 aliphatic rings. The second-order valence-electron chi connectivity index (χ2n) is 3.75. The number of halogens is 3. The minimum Gasteiger partial charge on any atom is -0.316 e. The van der Waals surface area contributed by atoms with E-state index in [9.17, 15) is 8.78 Å². The highest BCUT2D eigenvalue weighted by molar-refractivity contribution is 14.1. The molecule has 2 heterocycles. The fourth-order valence-corrected chi connectivity index (χ4v) is 2.72. The summed E-state index contributed by atoms with van der Waals surface area (Å²) in [5.74, 6) is -0.343. The van der Waals surface area contributed by atoms with Gasteiger partial charge in [0.2, 0.25) is 0 Å². The van der Waals surface area contributed by atoms with Gasteiger partial charge in [0, 0.05) is 18.2 Å². The maximum Gasteiger partial charge on any atom is 0.135 e. The average Bonchev–Trinajstić information content (AvgIpc) is 2.83. The van der Waals surface area contributed by atoms with E-state index in [2.05, 4.69) is 27.6 Å². The van der Waals surface area contributed by atoms with Gasteiger partial charge >= 0.3 is 0 Å². The van der Waals surface area contributed by atoms with Crippen molar-refractivity contribution in [2.24, 2.45) is 0 Å². The van der Waals surface area contributed by atoms with Crippen LogP contribution in [0.4, 0.5) is 8.78 Å². The zero-order valence-electron chi connectivity index (χ0n) is 8.62. The Morgan fingerprint density at radius 1 is 1.29 bits per heavy atom. The molecule has 1 aromatic heterocycles. The van der Waals surface area contributed by atoms with Crippen LogP contribution in [0.25, 0.3) is 17.3 Å². The fourth-order valence-electron chi connectivity index (χ4n) is 1.87. The maximum absolute atomic E-state index is 13.7. The molecule has 0 saturated carbocycles. The lowest BCUT2D eigenvalue weighted by Gasteiger charge is -2.02. The molecule has 0 radical (unpaired) electrons. The summed E-state index contributed by atoms with van der Waals surface area (Å²) in [4.78, 5) is 4.36. The zero-order chi connectivity index (χ0) is 12.0. The number of rotatable bonds is 1. The van der Waals surface area contributed by atoms with Gasteiger partial charge in [-0.1, -0.05) is 6.08 Å². The third kappa shape index (κ3) is 1.69. The number of hydrogen-bond donors (Lipinski definition) is 0. The van der Waals surface area contributed by atoms with Gasteiger partial charge in [0.05, 0.1) is 0 Å². The molecule has 0 bridgehead atoms. The lowest BCUT2D eigenvalue weighted by molar-refractivity contribution is 0.585. The van der Waals surface area contributed by atoms with E-state index in [-0.39, 0.29) is 0 Å². The molecule has 0 saturated heterocycles. The molecule has 2 aromatic rings. The molecule has 17 heavy (non-hydrogen) atoms. The van der Waals surface area contributed by atoms with Gasteiger partial charge in [0.1, 0.15) is 26.9 Å². The molecule has 0 aliphatic carbocycles. The molecule has 5 heteroatoms. The fraction of sp³-hybridized carbons (Fsp3) is 0.0833. The molecule has 0 atom stereocenters. The van der Waals surface area contributed by atoms with E-state index in [1.165, 1.54) is 12.1 Å². The summed E-state index contributed by atoms with van der Waals surface area (Å²) in [6.07, 6.45) is 3.89. The molecule has 0 unspecified atom stereocenters. The minimum atomic E-state index is -0.580. The Morgan fingerprint density at radius 2 is 2.12 bits per heavy atom. The normalized spacial score (nSPS) is 13.1. The van der Waals surface area contributed by atoms with Crippen molar-refractivity contribution in [2.45, 2.75) is 6.54 Å². The number of allylic oxidation sites excluding steroid dienone is 1. The Bertz CT molecular complexity index is 632. The van der Waals surface area contributed by atoms with E-state index in [0.717, 1.165) is 22.1 Å². The van der Waals surface area contributed by atoms with Crippen LogP contribution in [0.5, 0.6) is 0 Å².